The molecular weight excluding hydrogens is 388 g/mol. The fraction of sp³-hybridized carbons (Fsp3) is 0.333. The Balaban J connectivity index is 1.94. The third-order valence-electron chi connectivity index (χ3n) is 4.15. The lowest BCUT2D eigenvalue weighted by Crippen LogP contribution is -2.45. The van der Waals surface area contributed by atoms with Crippen LogP contribution in [0, 0.1) is 0 Å². The van der Waals surface area contributed by atoms with Crippen LogP contribution in [-0.2, 0) is 0 Å². The molecule has 26 heavy (non-hydrogen) atoms. The third kappa shape index (κ3) is 5.04. The molecule has 0 radical (unpaired) electrons. The highest BCUT2D eigenvalue weighted by molar-refractivity contribution is 6.34. The maximum atomic E-state index is 12.4. The van der Waals surface area contributed by atoms with Gasteiger partial charge in [-0.1, -0.05) is 35.3 Å². The standard InChI is InChI=1S/C18H17Cl2F3N2O/c19-14-9-13(10-15(20)11-14)17(25-7-5-24-6-8-25)12-1-3-16(4-2-12)26-18(21,22)23/h1-4,9-11,17,24H,5-8H2/t17-/m0/s1. The molecule has 0 spiro atoms. The van der Waals surface area contributed by atoms with E-state index < -0.39 is 6.36 Å². The van der Waals surface area contributed by atoms with Crippen molar-refractivity contribution in [2.45, 2.75) is 12.4 Å². The molecule has 0 saturated carbocycles. The maximum Gasteiger partial charge on any atom is 0.573 e. The van der Waals surface area contributed by atoms with Crippen molar-refractivity contribution in [2.24, 2.45) is 0 Å². The highest BCUT2D eigenvalue weighted by atomic mass is 35.5. The van der Waals surface area contributed by atoms with Gasteiger partial charge in [-0.3, -0.25) is 4.90 Å². The van der Waals surface area contributed by atoms with Crippen molar-refractivity contribution in [3.63, 3.8) is 0 Å². The van der Waals surface area contributed by atoms with Crippen molar-refractivity contribution >= 4 is 23.2 Å². The average molecular weight is 405 g/mol. The van der Waals surface area contributed by atoms with Crippen molar-refractivity contribution in [2.75, 3.05) is 26.2 Å². The zero-order chi connectivity index (χ0) is 18.7. The first-order chi connectivity index (χ1) is 12.3. The minimum atomic E-state index is -4.71. The molecule has 0 unspecified atom stereocenters. The number of hydrogen-bond acceptors (Lipinski definition) is 3. The Kier molecular flexibility index (Phi) is 5.97. The molecule has 0 aliphatic carbocycles. The van der Waals surface area contributed by atoms with Gasteiger partial charge in [-0.15, -0.1) is 13.2 Å². The van der Waals surface area contributed by atoms with Gasteiger partial charge in [-0.2, -0.15) is 0 Å². The van der Waals surface area contributed by atoms with Crippen LogP contribution in [0.4, 0.5) is 13.2 Å². The van der Waals surface area contributed by atoms with E-state index in [1.54, 1.807) is 18.2 Å². The Morgan fingerprint density at radius 3 is 2.04 bits per heavy atom. The molecule has 1 aliphatic rings. The molecule has 1 aliphatic heterocycles. The largest absolute Gasteiger partial charge is 0.573 e. The summed E-state index contributed by atoms with van der Waals surface area (Å²) < 4.78 is 41.1. The Morgan fingerprint density at radius 1 is 0.923 bits per heavy atom. The second-order valence-corrected chi connectivity index (χ2v) is 6.88. The predicted octanol–water partition coefficient (Wildman–Crippen LogP) is 4.89. The molecule has 0 bridgehead atoms. The summed E-state index contributed by atoms with van der Waals surface area (Å²) in [7, 11) is 0. The monoisotopic (exact) mass is 404 g/mol. The summed E-state index contributed by atoms with van der Waals surface area (Å²) >= 11 is 12.3. The number of nitrogens with zero attached hydrogens (tertiary/aromatic N) is 1. The summed E-state index contributed by atoms with van der Waals surface area (Å²) in [6.45, 7) is 3.27. The van der Waals surface area contributed by atoms with Crippen molar-refractivity contribution in [3.05, 3.63) is 63.6 Å². The van der Waals surface area contributed by atoms with Crippen LogP contribution in [0.5, 0.6) is 5.75 Å². The van der Waals surface area contributed by atoms with Crippen LogP contribution in [0.2, 0.25) is 10.0 Å². The summed E-state index contributed by atoms with van der Waals surface area (Å²) in [5.74, 6) is -0.246. The van der Waals surface area contributed by atoms with Gasteiger partial charge in [-0.05, 0) is 41.5 Å². The molecule has 140 valence electrons. The second kappa shape index (κ2) is 8.05. The van der Waals surface area contributed by atoms with E-state index in [1.165, 1.54) is 12.1 Å². The van der Waals surface area contributed by atoms with Gasteiger partial charge in [0, 0.05) is 36.2 Å². The van der Waals surface area contributed by atoms with Crippen LogP contribution in [-0.4, -0.2) is 37.4 Å². The van der Waals surface area contributed by atoms with Crippen molar-refractivity contribution in [3.8, 4) is 5.75 Å². The summed E-state index contributed by atoms with van der Waals surface area (Å²) in [4.78, 5) is 2.25. The molecule has 1 saturated heterocycles. The molecule has 2 aromatic carbocycles. The van der Waals surface area contributed by atoms with Gasteiger partial charge in [0.05, 0.1) is 6.04 Å². The van der Waals surface area contributed by atoms with E-state index in [1.807, 2.05) is 12.1 Å². The van der Waals surface area contributed by atoms with Gasteiger partial charge in [0.25, 0.3) is 0 Å². The first-order valence-electron chi connectivity index (χ1n) is 8.08. The van der Waals surface area contributed by atoms with Crippen LogP contribution in [0.15, 0.2) is 42.5 Å². The van der Waals surface area contributed by atoms with E-state index in [-0.39, 0.29) is 11.8 Å². The Bertz CT molecular complexity index is 727. The number of hydrogen-bond donors (Lipinski definition) is 1. The van der Waals surface area contributed by atoms with E-state index in [9.17, 15) is 13.2 Å². The molecular formula is C18H17Cl2F3N2O. The number of nitrogens with one attached hydrogen (secondary N) is 1. The van der Waals surface area contributed by atoms with E-state index in [0.29, 0.717) is 10.0 Å². The van der Waals surface area contributed by atoms with Gasteiger partial charge in [-0.25, -0.2) is 0 Å². The zero-order valence-electron chi connectivity index (χ0n) is 13.7. The lowest BCUT2D eigenvalue weighted by molar-refractivity contribution is -0.274. The van der Waals surface area contributed by atoms with Crippen LogP contribution in [0.1, 0.15) is 17.2 Å². The number of rotatable bonds is 4. The molecule has 1 fully saturated rings. The average Bonchev–Trinajstić information content (AvgIpc) is 2.55. The fourth-order valence-corrected chi connectivity index (χ4v) is 3.68. The van der Waals surface area contributed by atoms with Crippen LogP contribution in [0.25, 0.3) is 0 Å². The molecule has 0 aromatic heterocycles. The van der Waals surface area contributed by atoms with Crippen LogP contribution in [0.3, 0.4) is 0 Å². The number of alkyl halides is 3. The van der Waals surface area contributed by atoms with Gasteiger partial charge >= 0.3 is 6.36 Å². The highest BCUT2D eigenvalue weighted by Crippen LogP contribution is 2.34. The first kappa shape index (κ1) is 19.3. The van der Waals surface area contributed by atoms with Gasteiger partial charge in [0.2, 0.25) is 0 Å². The zero-order valence-corrected chi connectivity index (χ0v) is 15.2. The van der Waals surface area contributed by atoms with E-state index in [2.05, 4.69) is 15.0 Å². The normalized spacial score (nSPS) is 17.1. The minimum absolute atomic E-state index is 0.159. The molecule has 8 heteroatoms. The SMILES string of the molecule is FC(F)(F)Oc1ccc([C@@H](c2cc(Cl)cc(Cl)c2)N2CCNCC2)cc1. The van der Waals surface area contributed by atoms with Crippen molar-refractivity contribution in [1.29, 1.82) is 0 Å². The molecule has 3 rings (SSSR count). The lowest BCUT2D eigenvalue weighted by atomic mass is 9.96. The summed E-state index contributed by atoms with van der Waals surface area (Å²) in [6.07, 6.45) is -4.71. The smallest absolute Gasteiger partial charge is 0.406 e. The van der Waals surface area contributed by atoms with E-state index >= 15 is 0 Å². The topological polar surface area (TPSA) is 24.5 Å². The number of benzene rings is 2. The molecule has 0 amide bonds. The summed E-state index contributed by atoms with van der Waals surface area (Å²) in [5.41, 5.74) is 1.74. The highest BCUT2D eigenvalue weighted by Gasteiger charge is 2.31. The Hall–Kier alpha value is -1.47. The van der Waals surface area contributed by atoms with Crippen LogP contribution < -0.4 is 10.1 Å². The minimum Gasteiger partial charge on any atom is -0.406 e. The van der Waals surface area contributed by atoms with Crippen molar-refractivity contribution < 1.29 is 17.9 Å². The maximum absolute atomic E-state index is 12.4. The van der Waals surface area contributed by atoms with Gasteiger partial charge < -0.3 is 10.1 Å². The summed E-state index contributed by atoms with van der Waals surface area (Å²) in [5, 5.41) is 4.33. The van der Waals surface area contributed by atoms with Gasteiger partial charge in [0.15, 0.2) is 0 Å². The molecule has 2 aromatic rings. The Morgan fingerprint density at radius 2 is 1.50 bits per heavy atom. The van der Waals surface area contributed by atoms with E-state index in [4.69, 9.17) is 23.2 Å². The lowest BCUT2D eigenvalue weighted by Gasteiger charge is -2.35. The second-order valence-electron chi connectivity index (χ2n) is 6.01. The van der Waals surface area contributed by atoms with Crippen molar-refractivity contribution in [1.82, 2.24) is 10.2 Å². The first-order valence-corrected chi connectivity index (χ1v) is 8.84. The molecule has 3 nitrogen and oxygen atoms in total. The quantitative estimate of drug-likeness (QED) is 0.785. The fourth-order valence-electron chi connectivity index (χ4n) is 3.14. The Labute approximate surface area is 159 Å². The predicted molar refractivity (Wildman–Crippen MR) is 95.9 cm³/mol. The third-order valence-corrected chi connectivity index (χ3v) is 4.58. The number of piperazine rings is 1. The van der Waals surface area contributed by atoms with E-state index in [0.717, 1.165) is 37.3 Å². The number of halogens is 5. The number of ether oxygens (including phenoxy) is 1. The molecule has 1 N–H and O–H groups in total. The van der Waals surface area contributed by atoms with Gasteiger partial charge in [0.1, 0.15) is 5.75 Å². The van der Waals surface area contributed by atoms with Crippen LogP contribution >= 0.6 is 23.2 Å². The molecule has 1 heterocycles. The summed E-state index contributed by atoms with van der Waals surface area (Å²) in [6, 6.07) is 11.1. The molecule has 1 atom stereocenters.